The quantitative estimate of drug-likeness (QED) is 0.862. The number of imidazole rings is 1. The number of rotatable bonds is 3. The fraction of sp³-hybridized carbons (Fsp3) is 0.500. The van der Waals surface area contributed by atoms with E-state index in [-0.39, 0.29) is 0 Å². The maximum Gasteiger partial charge on any atom is 0.180 e. The summed E-state index contributed by atoms with van der Waals surface area (Å²) in [6.07, 6.45) is 9.86. The SMILES string of the molecule is C=C.c1nc(COC2CCCCC2)c2[nH]cnc2n1. The monoisotopic (exact) mass is 260 g/mol. The summed E-state index contributed by atoms with van der Waals surface area (Å²) in [6.45, 7) is 6.55. The van der Waals surface area contributed by atoms with Crippen molar-refractivity contribution in [2.45, 2.75) is 44.8 Å². The van der Waals surface area contributed by atoms with Crippen molar-refractivity contribution in [1.29, 1.82) is 0 Å². The summed E-state index contributed by atoms with van der Waals surface area (Å²) in [6, 6.07) is 0. The van der Waals surface area contributed by atoms with E-state index in [1.165, 1.54) is 32.1 Å². The van der Waals surface area contributed by atoms with Crippen LogP contribution in [0, 0.1) is 0 Å². The van der Waals surface area contributed by atoms with Gasteiger partial charge in [-0.3, -0.25) is 0 Å². The van der Waals surface area contributed by atoms with Gasteiger partial charge in [-0.15, -0.1) is 13.2 Å². The van der Waals surface area contributed by atoms with Crippen LogP contribution in [0.2, 0.25) is 0 Å². The number of hydrogen-bond donors (Lipinski definition) is 1. The molecule has 0 unspecified atom stereocenters. The van der Waals surface area contributed by atoms with Crippen LogP contribution >= 0.6 is 0 Å². The highest BCUT2D eigenvalue weighted by atomic mass is 16.5. The Morgan fingerprint density at radius 1 is 1.16 bits per heavy atom. The smallest absolute Gasteiger partial charge is 0.180 e. The lowest BCUT2D eigenvalue weighted by Crippen LogP contribution is -2.16. The first-order valence-electron chi connectivity index (χ1n) is 6.68. The van der Waals surface area contributed by atoms with Gasteiger partial charge in [0.25, 0.3) is 0 Å². The van der Waals surface area contributed by atoms with Crippen LogP contribution in [-0.4, -0.2) is 26.0 Å². The van der Waals surface area contributed by atoms with Gasteiger partial charge in [0.2, 0.25) is 0 Å². The number of aromatic amines is 1. The lowest BCUT2D eigenvalue weighted by Gasteiger charge is -2.21. The van der Waals surface area contributed by atoms with Crippen molar-refractivity contribution in [3.63, 3.8) is 0 Å². The van der Waals surface area contributed by atoms with Crippen LogP contribution in [-0.2, 0) is 11.3 Å². The van der Waals surface area contributed by atoms with Gasteiger partial charge in [0, 0.05) is 0 Å². The summed E-state index contributed by atoms with van der Waals surface area (Å²) in [5, 5.41) is 0. The summed E-state index contributed by atoms with van der Waals surface area (Å²) in [5.41, 5.74) is 2.50. The molecule has 1 N–H and O–H groups in total. The first kappa shape index (κ1) is 13.7. The first-order chi connectivity index (χ1) is 9.43. The fourth-order valence-corrected chi connectivity index (χ4v) is 2.35. The second-order valence-electron chi connectivity index (χ2n) is 4.49. The molecule has 0 radical (unpaired) electrons. The molecule has 2 heterocycles. The number of aromatic nitrogens is 4. The van der Waals surface area contributed by atoms with E-state index in [0.717, 1.165) is 11.2 Å². The lowest BCUT2D eigenvalue weighted by molar-refractivity contribution is 0.0158. The standard InChI is InChI=1S/C12H16N4O.C2H4/c1-2-4-9(5-3-1)17-6-10-11-12(15-7-13-10)16-8-14-11;1-2/h7-9H,1-6H2,(H,13,14,15,16);1-2H2. The van der Waals surface area contributed by atoms with Gasteiger partial charge in [-0.1, -0.05) is 19.3 Å². The van der Waals surface area contributed by atoms with Gasteiger partial charge in [-0.25, -0.2) is 15.0 Å². The molecule has 2 aromatic rings. The van der Waals surface area contributed by atoms with Crippen LogP contribution in [0.25, 0.3) is 11.2 Å². The maximum absolute atomic E-state index is 5.91. The molecular weight excluding hydrogens is 240 g/mol. The Bertz CT molecular complexity index is 505. The van der Waals surface area contributed by atoms with Gasteiger partial charge >= 0.3 is 0 Å². The summed E-state index contributed by atoms with van der Waals surface area (Å²) in [4.78, 5) is 15.5. The predicted octanol–water partition coefficient (Wildman–Crippen LogP) is 3.00. The molecule has 0 amide bonds. The largest absolute Gasteiger partial charge is 0.372 e. The topological polar surface area (TPSA) is 63.7 Å². The molecule has 5 nitrogen and oxygen atoms in total. The number of H-pyrrole nitrogens is 1. The summed E-state index contributed by atoms with van der Waals surface area (Å²) >= 11 is 0. The zero-order valence-corrected chi connectivity index (χ0v) is 11.1. The van der Waals surface area contributed by atoms with Crippen LogP contribution in [0.15, 0.2) is 25.8 Å². The molecule has 0 spiro atoms. The molecule has 19 heavy (non-hydrogen) atoms. The second-order valence-corrected chi connectivity index (χ2v) is 4.49. The van der Waals surface area contributed by atoms with E-state index in [4.69, 9.17) is 4.74 Å². The molecule has 0 aliphatic heterocycles. The predicted molar refractivity (Wildman–Crippen MR) is 74.6 cm³/mol. The van der Waals surface area contributed by atoms with Crippen LogP contribution in [0.3, 0.4) is 0 Å². The summed E-state index contributed by atoms with van der Waals surface area (Å²) < 4.78 is 5.91. The molecule has 1 saturated carbocycles. The molecule has 1 fully saturated rings. The van der Waals surface area contributed by atoms with Gasteiger partial charge < -0.3 is 9.72 Å². The third-order valence-corrected chi connectivity index (χ3v) is 3.31. The van der Waals surface area contributed by atoms with Crippen LogP contribution in [0.1, 0.15) is 37.8 Å². The minimum absolute atomic E-state index is 0.400. The third-order valence-electron chi connectivity index (χ3n) is 3.31. The van der Waals surface area contributed by atoms with Gasteiger partial charge in [-0.2, -0.15) is 0 Å². The molecule has 5 heteroatoms. The number of hydrogen-bond acceptors (Lipinski definition) is 4. The molecule has 0 bridgehead atoms. The Morgan fingerprint density at radius 3 is 2.74 bits per heavy atom. The fourth-order valence-electron chi connectivity index (χ4n) is 2.35. The zero-order chi connectivity index (χ0) is 13.5. The van der Waals surface area contributed by atoms with Crippen molar-refractivity contribution in [2.75, 3.05) is 0 Å². The highest BCUT2D eigenvalue weighted by Crippen LogP contribution is 2.21. The normalized spacial score (nSPS) is 16.0. The first-order valence-corrected chi connectivity index (χ1v) is 6.68. The van der Waals surface area contributed by atoms with Crippen LogP contribution < -0.4 is 0 Å². The number of nitrogens with one attached hydrogen (secondary N) is 1. The third kappa shape index (κ3) is 3.38. The average molecular weight is 260 g/mol. The van der Waals surface area contributed by atoms with E-state index in [1.807, 2.05) is 0 Å². The van der Waals surface area contributed by atoms with Crippen molar-refractivity contribution < 1.29 is 4.74 Å². The molecule has 1 aliphatic carbocycles. The Labute approximate surface area is 113 Å². The molecule has 0 atom stereocenters. The van der Waals surface area contributed by atoms with Crippen molar-refractivity contribution in [2.24, 2.45) is 0 Å². The maximum atomic E-state index is 5.91. The molecule has 0 saturated heterocycles. The number of ether oxygens (including phenoxy) is 1. The van der Waals surface area contributed by atoms with E-state index in [2.05, 4.69) is 33.1 Å². The molecule has 2 aromatic heterocycles. The Kier molecular flexibility index (Phi) is 5.03. The Balaban J connectivity index is 0.000000637. The van der Waals surface area contributed by atoms with Crippen LogP contribution in [0.5, 0.6) is 0 Å². The average Bonchev–Trinajstić information content (AvgIpc) is 2.97. The molecule has 0 aromatic carbocycles. The van der Waals surface area contributed by atoms with Crippen LogP contribution in [0.4, 0.5) is 0 Å². The van der Waals surface area contributed by atoms with E-state index in [9.17, 15) is 0 Å². The highest BCUT2D eigenvalue weighted by Gasteiger charge is 2.15. The van der Waals surface area contributed by atoms with Gasteiger partial charge in [0.05, 0.1) is 24.7 Å². The molecule has 1 aliphatic rings. The highest BCUT2D eigenvalue weighted by molar-refractivity contribution is 5.71. The van der Waals surface area contributed by atoms with E-state index < -0.39 is 0 Å². The second kappa shape index (κ2) is 6.99. The lowest BCUT2D eigenvalue weighted by atomic mass is 9.98. The summed E-state index contributed by atoms with van der Waals surface area (Å²) in [7, 11) is 0. The molecular formula is C14H20N4O. The van der Waals surface area contributed by atoms with Crippen molar-refractivity contribution >= 4 is 11.2 Å². The van der Waals surface area contributed by atoms with Crippen molar-refractivity contribution in [1.82, 2.24) is 19.9 Å². The van der Waals surface area contributed by atoms with Crippen molar-refractivity contribution in [3.05, 3.63) is 31.5 Å². The molecule has 3 rings (SSSR count). The molecule has 102 valence electrons. The van der Waals surface area contributed by atoms with Gasteiger partial charge in [0.1, 0.15) is 11.8 Å². The minimum Gasteiger partial charge on any atom is -0.372 e. The summed E-state index contributed by atoms with van der Waals surface area (Å²) in [5.74, 6) is 0. The minimum atomic E-state index is 0.400. The van der Waals surface area contributed by atoms with E-state index in [1.54, 1.807) is 12.7 Å². The van der Waals surface area contributed by atoms with Crippen molar-refractivity contribution in [3.8, 4) is 0 Å². The number of fused-ring (bicyclic) bond motifs is 1. The number of nitrogens with zero attached hydrogens (tertiary/aromatic N) is 3. The Morgan fingerprint density at radius 2 is 1.95 bits per heavy atom. The van der Waals surface area contributed by atoms with E-state index >= 15 is 0 Å². The van der Waals surface area contributed by atoms with Gasteiger partial charge in [0.15, 0.2) is 5.65 Å². The Hall–Kier alpha value is -1.75. The van der Waals surface area contributed by atoms with E-state index in [0.29, 0.717) is 18.4 Å². The zero-order valence-electron chi connectivity index (χ0n) is 11.1. The van der Waals surface area contributed by atoms with Gasteiger partial charge in [-0.05, 0) is 12.8 Å².